The van der Waals surface area contributed by atoms with E-state index in [1.54, 1.807) is 13.3 Å². The van der Waals surface area contributed by atoms with Gasteiger partial charge in [-0.2, -0.15) is 5.10 Å². The van der Waals surface area contributed by atoms with E-state index in [-0.39, 0.29) is 6.03 Å². The van der Waals surface area contributed by atoms with Gasteiger partial charge in [-0.15, -0.1) is 0 Å². The van der Waals surface area contributed by atoms with Crippen molar-refractivity contribution in [3.05, 3.63) is 53.7 Å². The maximum absolute atomic E-state index is 12.1. The van der Waals surface area contributed by atoms with Gasteiger partial charge < -0.3 is 20.1 Å². The number of fused-ring (bicyclic) bond motifs is 1. The minimum Gasteiger partial charge on any atom is -0.497 e. The third-order valence-corrected chi connectivity index (χ3v) is 4.26. The van der Waals surface area contributed by atoms with E-state index in [0.717, 1.165) is 34.2 Å². The number of anilines is 1. The van der Waals surface area contributed by atoms with Gasteiger partial charge >= 0.3 is 6.03 Å². The third kappa shape index (κ3) is 4.98. The number of carbonyl (C=O) groups excluding carboxylic acids is 1. The first-order valence-electron chi connectivity index (χ1n) is 8.85. The number of hydrogen-bond donors (Lipinski definition) is 3. The molecule has 0 aliphatic carbocycles. The topological polar surface area (TPSA) is 88.3 Å². The Labute approximate surface area is 158 Å². The summed E-state index contributed by atoms with van der Waals surface area (Å²) in [6, 6.07) is 11.3. The second-order valence-electron chi connectivity index (χ2n) is 6.22. The van der Waals surface area contributed by atoms with E-state index >= 15 is 0 Å². The maximum Gasteiger partial charge on any atom is 0.319 e. The van der Waals surface area contributed by atoms with Crippen LogP contribution in [0.3, 0.4) is 0 Å². The lowest BCUT2D eigenvalue weighted by molar-refractivity contribution is 0.119. The number of H-pyrrole nitrogens is 1. The molecule has 2 amide bonds. The van der Waals surface area contributed by atoms with Gasteiger partial charge in [0.15, 0.2) is 0 Å². The van der Waals surface area contributed by atoms with E-state index < -0.39 is 0 Å². The standard InChI is InChI=1S/C20H24N4O3/c1-14-4-9-18(19-17(14)12-22-24-19)23-20(25)21-10-3-11-27-13-15-5-7-16(26-2)8-6-15/h4-9,12H,3,10-11,13H2,1-2H3,(H,22,24)(H2,21,23,25). The van der Waals surface area contributed by atoms with Gasteiger partial charge in [0.05, 0.1) is 31.1 Å². The van der Waals surface area contributed by atoms with Gasteiger partial charge in [-0.25, -0.2) is 4.79 Å². The zero-order valence-electron chi connectivity index (χ0n) is 15.5. The number of hydrogen-bond acceptors (Lipinski definition) is 4. The summed E-state index contributed by atoms with van der Waals surface area (Å²) in [5, 5.41) is 13.6. The van der Waals surface area contributed by atoms with E-state index in [1.807, 2.05) is 43.3 Å². The highest BCUT2D eigenvalue weighted by Crippen LogP contribution is 2.23. The fourth-order valence-corrected chi connectivity index (χ4v) is 2.73. The van der Waals surface area contributed by atoms with Crippen molar-refractivity contribution in [3.63, 3.8) is 0 Å². The molecular weight excluding hydrogens is 344 g/mol. The molecule has 3 N–H and O–H groups in total. The number of benzene rings is 2. The van der Waals surface area contributed by atoms with Gasteiger partial charge in [0.25, 0.3) is 0 Å². The number of carbonyl (C=O) groups is 1. The van der Waals surface area contributed by atoms with Gasteiger partial charge in [0, 0.05) is 18.5 Å². The molecule has 2 aromatic carbocycles. The van der Waals surface area contributed by atoms with Crippen LogP contribution in [0.1, 0.15) is 17.5 Å². The molecular formula is C20H24N4O3. The minimum absolute atomic E-state index is 0.245. The van der Waals surface area contributed by atoms with Gasteiger partial charge in [0.2, 0.25) is 0 Å². The van der Waals surface area contributed by atoms with Crippen molar-refractivity contribution in [2.45, 2.75) is 20.0 Å². The Morgan fingerprint density at radius 2 is 2.00 bits per heavy atom. The van der Waals surface area contributed by atoms with Crippen LogP contribution in [0.2, 0.25) is 0 Å². The number of amides is 2. The van der Waals surface area contributed by atoms with Crippen LogP contribution < -0.4 is 15.4 Å². The van der Waals surface area contributed by atoms with E-state index in [2.05, 4.69) is 20.8 Å². The Morgan fingerprint density at radius 1 is 1.19 bits per heavy atom. The predicted molar refractivity (Wildman–Crippen MR) is 105 cm³/mol. The lowest BCUT2D eigenvalue weighted by Gasteiger charge is -2.09. The summed E-state index contributed by atoms with van der Waals surface area (Å²) in [7, 11) is 1.64. The number of rotatable bonds is 8. The third-order valence-electron chi connectivity index (χ3n) is 4.26. The molecule has 1 aromatic heterocycles. The summed E-state index contributed by atoms with van der Waals surface area (Å²) >= 11 is 0. The van der Waals surface area contributed by atoms with E-state index in [1.165, 1.54) is 0 Å². The molecule has 1 heterocycles. The van der Waals surface area contributed by atoms with Gasteiger partial charge in [0.1, 0.15) is 5.75 Å². The number of aryl methyl sites for hydroxylation is 1. The monoisotopic (exact) mass is 368 g/mol. The number of methoxy groups -OCH3 is 1. The van der Waals surface area contributed by atoms with Gasteiger partial charge in [-0.1, -0.05) is 18.2 Å². The minimum atomic E-state index is -0.245. The quantitative estimate of drug-likeness (QED) is 0.530. The average Bonchev–Trinajstić information content (AvgIpc) is 3.18. The second kappa shape index (κ2) is 9.05. The fourth-order valence-electron chi connectivity index (χ4n) is 2.73. The highest BCUT2D eigenvalue weighted by atomic mass is 16.5. The normalized spacial score (nSPS) is 10.7. The van der Waals surface area contributed by atoms with Gasteiger partial charge in [-0.3, -0.25) is 5.10 Å². The number of aromatic nitrogens is 2. The van der Waals surface area contributed by atoms with Crippen LogP contribution in [0.15, 0.2) is 42.6 Å². The van der Waals surface area contributed by atoms with Crippen LogP contribution in [0.4, 0.5) is 10.5 Å². The summed E-state index contributed by atoms with van der Waals surface area (Å²) in [5.41, 5.74) is 3.73. The van der Waals surface area contributed by atoms with Crippen LogP contribution in [0.5, 0.6) is 5.75 Å². The van der Waals surface area contributed by atoms with Crippen molar-refractivity contribution in [3.8, 4) is 5.75 Å². The smallest absolute Gasteiger partial charge is 0.319 e. The molecule has 0 atom stereocenters. The average molecular weight is 368 g/mol. The molecule has 0 bridgehead atoms. The summed E-state index contributed by atoms with van der Waals surface area (Å²) < 4.78 is 10.8. The van der Waals surface area contributed by atoms with Crippen LogP contribution in [0, 0.1) is 6.92 Å². The van der Waals surface area contributed by atoms with Crippen molar-refractivity contribution in [1.82, 2.24) is 15.5 Å². The molecule has 0 radical (unpaired) electrons. The zero-order chi connectivity index (χ0) is 19.1. The molecule has 3 rings (SSSR count). The van der Waals surface area contributed by atoms with Crippen LogP contribution in [-0.2, 0) is 11.3 Å². The molecule has 142 valence electrons. The molecule has 0 aliphatic heterocycles. The van der Waals surface area contributed by atoms with Crippen LogP contribution in [0.25, 0.3) is 10.9 Å². The van der Waals surface area contributed by atoms with Crippen molar-refractivity contribution < 1.29 is 14.3 Å². The van der Waals surface area contributed by atoms with E-state index in [9.17, 15) is 4.79 Å². The molecule has 0 unspecified atom stereocenters. The molecule has 0 saturated carbocycles. The summed E-state index contributed by atoms with van der Waals surface area (Å²) in [5.74, 6) is 0.829. The number of ether oxygens (including phenoxy) is 2. The summed E-state index contributed by atoms with van der Waals surface area (Å²) in [6.07, 6.45) is 2.49. The van der Waals surface area contributed by atoms with Crippen molar-refractivity contribution in [1.29, 1.82) is 0 Å². The molecule has 0 spiro atoms. The lowest BCUT2D eigenvalue weighted by atomic mass is 10.1. The molecule has 3 aromatic rings. The van der Waals surface area contributed by atoms with Crippen LogP contribution >= 0.6 is 0 Å². The molecule has 27 heavy (non-hydrogen) atoms. The SMILES string of the molecule is COc1ccc(COCCCNC(=O)Nc2ccc(C)c3cn[nH]c23)cc1. The summed E-state index contributed by atoms with van der Waals surface area (Å²) in [4.78, 5) is 12.1. The first kappa shape index (κ1) is 18.7. The largest absolute Gasteiger partial charge is 0.497 e. The number of aromatic amines is 1. The molecule has 7 heteroatoms. The second-order valence-corrected chi connectivity index (χ2v) is 6.22. The number of urea groups is 1. The lowest BCUT2D eigenvalue weighted by Crippen LogP contribution is -2.30. The fraction of sp³-hybridized carbons (Fsp3) is 0.300. The Balaban J connectivity index is 1.36. The maximum atomic E-state index is 12.1. The Morgan fingerprint density at radius 3 is 2.78 bits per heavy atom. The Hall–Kier alpha value is -3.06. The van der Waals surface area contributed by atoms with E-state index in [4.69, 9.17) is 9.47 Å². The first-order chi connectivity index (χ1) is 13.2. The summed E-state index contributed by atoms with van der Waals surface area (Å²) in [6.45, 7) is 3.65. The first-order valence-corrected chi connectivity index (χ1v) is 8.85. The Bertz CT molecular complexity index is 890. The van der Waals surface area contributed by atoms with Crippen molar-refractivity contribution in [2.24, 2.45) is 0 Å². The van der Waals surface area contributed by atoms with Gasteiger partial charge in [-0.05, 0) is 42.7 Å². The number of nitrogens with one attached hydrogen (secondary N) is 3. The zero-order valence-corrected chi connectivity index (χ0v) is 15.5. The molecule has 0 fully saturated rings. The molecule has 0 saturated heterocycles. The predicted octanol–water partition coefficient (Wildman–Crippen LogP) is 3.61. The highest BCUT2D eigenvalue weighted by Gasteiger charge is 2.08. The van der Waals surface area contributed by atoms with Crippen molar-refractivity contribution >= 4 is 22.6 Å². The van der Waals surface area contributed by atoms with Crippen LogP contribution in [-0.4, -0.2) is 36.5 Å². The number of nitrogens with zero attached hydrogens (tertiary/aromatic N) is 1. The molecule has 7 nitrogen and oxygen atoms in total. The highest BCUT2D eigenvalue weighted by molar-refractivity contribution is 6.00. The molecule has 0 aliphatic rings. The van der Waals surface area contributed by atoms with E-state index in [0.29, 0.717) is 25.4 Å². The van der Waals surface area contributed by atoms with Crippen molar-refractivity contribution in [2.75, 3.05) is 25.6 Å². The Kier molecular flexibility index (Phi) is 6.27.